The van der Waals surface area contributed by atoms with Crippen molar-refractivity contribution in [2.75, 3.05) is 5.73 Å². The number of hydrogen-bond acceptors (Lipinski definition) is 2. The van der Waals surface area contributed by atoms with Crippen molar-refractivity contribution in [3.05, 3.63) is 12.3 Å². The molecule has 1 unspecified atom stereocenters. The van der Waals surface area contributed by atoms with E-state index in [1.165, 1.54) is 38.5 Å². The molecule has 5 rings (SSSR count). The second-order valence-electron chi connectivity index (χ2n) is 7.16. The molecule has 1 heterocycles. The molecular weight excluding hydrogens is 222 g/mol. The molecule has 3 heteroatoms. The SMILES string of the molecule is CC(n1nccc1N)C12CC3CC(CC(C3)C1)C2. The van der Waals surface area contributed by atoms with Crippen molar-refractivity contribution >= 4 is 5.82 Å². The lowest BCUT2D eigenvalue weighted by Crippen LogP contribution is -2.49. The molecule has 3 nitrogen and oxygen atoms in total. The molecule has 1 aromatic rings. The molecule has 0 radical (unpaired) electrons. The first kappa shape index (κ1) is 10.9. The fourth-order valence-corrected chi connectivity index (χ4v) is 5.60. The van der Waals surface area contributed by atoms with Gasteiger partial charge >= 0.3 is 0 Å². The van der Waals surface area contributed by atoms with E-state index in [1.807, 2.05) is 12.3 Å². The molecule has 0 spiro atoms. The smallest absolute Gasteiger partial charge is 0.121 e. The Morgan fingerprint density at radius 1 is 1.22 bits per heavy atom. The zero-order valence-corrected chi connectivity index (χ0v) is 11.2. The summed E-state index contributed by atoms with van der Waals surface area (Å²) in [5, 5.41) is 4.46. The lowest BCUT2D eigenvalue weighted by atomic mass is 9.48. The Hall–Kier alpha value is -0.990. The number of anilines is 1. The molecular formula is C15H23N3. The van der Waals surface area contributed by atoms with Gasteiger partial charge in [0.05, 0.1) is 12.2 Å². The predicted molar refractivity (Wildman–Crippen MR) is 72.0 cm³/mol. The molecule has 4 aliphatic carbocycles. The first-order chi connectivity index (χ1) is 8.66. The van der Waals surface area contributed by atoms with E-state index in [0.29, 0.717) is 11.5 Å². The minimum atomic E-state index is 0.473. The number of nitrogen functional groups attached to an aromatic ring is 1. The molecule has 1 atom stereocenters. The summed E-state index contributed by atoms with van der Waals surface area (Å²) in [5.74, 6) is 3.82. The molecule has 4 bridgehead atoms. The van der Waals surface area contributed by atoms with Crippen LogP contribution in [0.15, 0.2) is 12.3 Å². The summed E-state index contributed by atoms with van der Waals surface area (Å²) in [4.78, 5) is 0. The third-order valence-electron chi connectivity index (χ3n) is 6.04. The second kappa shape index (κ2) is 3.52. The zero-order valence-electron chi connectivity index (χ0n) is 11.2. The van der Waals surface area contributed by atoms with Crippen LogP contribution in [-0.4, -0.2) is 9.78 Å². The number of aromatic nitrogens is 2. The molecule has 0 saturated heterocycles. The first-order valence-electron chi connectivity index (χ1n) is 7.45. The number of nitrogens with zero attached hydrogens (tertiary/aromatic N) is 2. The molecule has 4 saturated carbocycles. The van der Waals surface area contributed by atoms with Gasteiger partial charge in [0.2, 0.25) is 0 Å². The van der Waals surface area contributed by atoms with E-state index in [4.69, 9.17) is 5.73 Å². The molecule has 0 amide bonds. The number of hydrogen-bond donors (Lipinski definition) is 1. The van der Waals surface area contributed by atoms with Crippen LogP contribution in [0.3, 0.4) is 0 Å². The van der Waals surface area contributed by atoms with Gasteiger partial charge < -0.3 is 5.73 Å². The molecule has 0 aromatic carbocycles. The standard InChI is InChI=1S/C15H23N3/c1-10(18-14(16)2-3-17-18)15-7-11-4-12(8-15)6-13(5-11)9-15/h2-3,10-13H,4-9,16H2,1H3. The topological polar surface area (TPSA) is 43.8 Å². The molecule has 0 aliphatic heterocycles. The summed E-state index contributed by atoms with van der Waals surface area (Å²) in [6, 6.07) is 2.40. The maximum absolute atomic E-state index is 6.06. The summed E-state index contributed by atoms with van der Waals surface area (Å²) in [6.07, 6.45) is 10.6. The first-order valence-corrected chi connectivity index (χ1v) is 7.45. The van der Waals surface area contributed by atoms with Gasteiger partial charge in [0, 0.05) is 0 Å². The van der Waals surface area contributed by atoms with Gasteiger partial charge in [0.1, 0.15) is 5.82 Å². The van der Waals surface area contributed by atoms with Gasteiger partial charge in [-0.15, -0.1) is 0 Å². The van der Waals surface area contributed by atoms with Crippen LogP contribution in [0.2, 0.25) is 0 Å². The van der Waals surface area contributed by atoms with Crippen molar-refractivity contribution in [3.63, 3.8) is 0 Å². The Balaban J connectivity index is 1.69. The lowest BCUT2D eigenvalue weighted by Gasteiger charge is -2.59. The van der Waals surface area contributed by atoms with E-state index in [9.17, 15) is 0 Å². The molecule has 4 fully saturated rings. The van der Waals surface area contributed by atoms with Crippen LogP contribution < -0.4 is 5.73 Å². The van der Waals surface area contributed by atoms with Crippen molar-refractivity contribution in [1.29, 1.82) is 0 Å². The van der Waals surface area contributed by atoms with Gasteiger partial charge in [-0.25, -0.2) is 4.68 Å². The summed E-state index contributed by atoms with van der Waals surface area (Å²) in [6.45, 7) is 2.34. The van der Waals surface area contributed by atoms with Crippen LogP contribution in [0.1, 0.15) is 51.5 Å². The summed E-state index contributed by atoms with van der Waals surface area (Å²) < 4.78 is 2.08. The maximum atomic E-state index is 6.06. The van der Waals surface area contributed by atoms with Crippen LogP contribution in [0.4, 0.5) is 5.82 Å². The van der Waals surface area contributed by atoms with E-state index in [2.05, 4.69) is 16.7 Å². The Kier molecular flexibility index (Phi) is 2.13. The Morgan fingerprint density at radius 2 is 1.78 bits per heavy atom. The minimum Gasteiger partial charge on any atom is -0.384 e. The minimum absolute atomic E-state index is 0.473. The number of nitrogens with two attached hydrogens (primary N) is 1. The highest BCUT2D eigenvalue weighted by Crippen LogP contribution is 2.63. The monoisotopic (exact) mass is 245 g/mol. The van der Waals surface area contributed by atoms with Gasteiger partial charge in [-0.3, -0.25) is 0 Å². The van der Waals surface area contributed by atoms with Crippen LogP contribution in [0, 0.1) is 23.2 Å². The highest BCUT2D eigenvalue weighted by Gasteiger charge is 2.53. The molecule has 18 heavy (non-hydrogen) atoms. The normalized spacial score (nSPS) is 43.3. The fraction of sp³-hybridized carbons (Fsp3) is 0.800. The van der Waals surface area contributed by atoms with Gasteiger partial charge in [0.15, 0.2) is 0 Å². The van der Waals surface area contributed by atoms with E-state index < -0.39 is 0 Å². The summed E-state index contributed by atoms with van der Waals surface area (Å²) >= 11 is 0. The number of rotatable bonds is 2. The maximum Gasteiger partial charge on any atom is 0.121 e. The Morgan fingerprint density at radius 3 is 2.22 bits per heavy atom. The predicted octanol–water partition coefficient (Wildman–Crippen LogP) is 3.24. The van der Waals surface area contributed by atoms with Crippen molar-refractivity contribution < 1.29 is 0 Å². The van der Waals surface area contributed by atoms with Crippen LogP contribution in [0.5, 0.6) is 0 Å². The third-order valence-corrected chi connectivity index (χ3v) is 6.04. The van der Waals surface area contributed by atoms with Gasteiger partial charge in [-0.2, -0.15) is 5.10 Å². The Labute approximate surface area is 109 Å². The van der Waals surface area contributed by atoms with E-state index in [0.717, 1.165) is 23.6 Å². The summed E-state index contributed by atoms with van der Waals surface area (Å²) in [7, 11) is 0. The second-order valence-corrected chi connectivity index (χ2v) is 7.16. The van der Waals surface area contributed by atoms with Gasteiger partial charge in [-0.05, 0) is 74.7 Å². The summed E-state index contributed by atoms with van der Waals surface area (Å²) in [5.41, 5.74) is 6.56. The van der Waals surface area contributed by atoms with E-state index in [1.54, 1.807) is 0 Å². The van der Waals surface area contributed by atoms with Crippen LogP contribution >= 0.6 is 0 Å². The quantitative estimate of drug-likeness (QED) is 0.869. The Bertz CT molecular complexity index is 427. The average Bonchev–Trinajstić information content (AvgIpc) is 2.72. The molecule has 2 N–H and O–H groups in total. The van der Waals surface area contributed by atoms with Gasteiger partial charge in [-0.1, -0.05) is 0 Å². The van der Waals surface area contributed by atoms with Crippen LogP contribution in [0.25, 0.3) is 0 Å². The van der Waals surface area contributed by atoms with Crippen molar-refractivity contribution in [3.8, 4) is 0 Å². The third kappa shape index (κ3) is 1.39. The molecule has 98 valence electrons. The van der Waals surface area contributed by atoms with Gasteiger partial charge in [0.25, 0.3) is 0 Å². The molecule has 1 aromatic heterocycles. The highest BCUT2D eigenvalue weighted by molar-refractivity contribution is 5.27. The largest absolute Gasteiger partial charge is 0.384 e. The lowest BCUT2D eigenvalue weighted by molar-refractivity contribution is -0.0805. The molecule has 4 aliphatic rings. The van der Waals surface area contributed by atoms with Crippen molar-refractivity contribution in [1.82, 2.24) is 9.78 Å². The van der Waals surface area contributed by atoms with E-state index >= 15 is 0 Å². The highest BCUT2D eigenvalue weighted by atomic mass is 15.3. The average molecular weight is 245 g/mol. The fourth-order valence-electron chi connectivity index (χ4n) is 5.60. The van der Waals surface area contributed by atoms with Crippen molar-refractivity contribution in [2.24, 2.45) is 23.2 Å². The van der Waals surface area contributed by atoms with E-state index in [-0.39, 0.29) is 0 Å². The van der Waals surface area contributed by atoms with Crippen molar-refractivity contribution in [2.45, 2.75) is 51.5 Å². The zero-order chi connectivity index (χ0) is 12.3. The van der Waals surface area contributed by atoms with Crippen LogP contribution in [-0.2, 0) is 0 Å².